The Hall–Kier alpha value is -1.40. The summed E-state index contributed by atoms with van der Waals surface area (Å²) in [6, 6.07) is 1.85. The lowest BCUT2D eigenvalue weighted by atomic mass is 9.87. The third-order valence-corrected chi connectivity index (χ3v) is 5.05. The van der Waals surface area contributed by atoms with Crippen LogP contribution >= 0.6 is 11.3 Å². The van der Waals surface area contributed by atoms with Crippen LogP contribution in [0.2, 0.25) is 0 Å². The predicted molar refractivity (Wildman–Crippen MR) is 92.8 cm³/mol. The number of rotatable bonds is 7. The van der Waals surface area contributed by atoms with E-state index in [0.29, 0.717) is 17.8 Å². The monoisotopic (exact) mass is 338 g/mol. The van der Waals surface area contributed by atoms with E-state index in [4.69, 9.17) is 0 Å². The van der Waals surface area contributed by atoms with Crippen molar-refractivity contribution in [1.29, 1.82) is 0 Å². The fourth-order valence-electron chi connectivity index (χ4n) is 2.61. The van der Waals surface area contributed by atoms with Crippen molar-refractivity contribution < 1.29 is 14.7 Å². The van der Waals surface area contributed by atoms with Crippen molar-refractivity contribution in [2.24, 2.45) is 11.3 Å². The molecular formula is C17H26N2O3S. The first-order valence-electron chi connectivity index (χ1n) is 8.05. The molecule has 0 bridgehead atoms. The molecule has 2 rings (SSSR count). The number of carbonyl (C=O) groups is 2. The van der Waals surface area contributed by atoms with Crippen molar-refractivity contribution >= 4 is 28.2 Å². The van der Waals surface area contributed by atoms with Gasteiger partial charge in [-0.3, -0.25) is 9.59 Å². The van der Waals surface area contributed by atoms with E-state index < -0.39 is 6.10 Å². The smallest absolute Gasteiger partial charge is 0.261 e. The van der Waals surface area contributed by atoms with E-state index in [-0.39, 0.29) is 23.1 Å². The molecule has 0 spiro atoms. The molecule has 0 radical (unpaired) electrons. The summed E-state index contributed by atoms with van der Waals surface area (Å²) in [5.74, 6) is 0.0744. The lowest BCUT2D eigenvalue weighted by Gasteiger charge is -2.26. The second-order valence-corrected chi connectivity index (χ2v) is 8.34. The predicted octanol–water partition coefficient (Wildman–Crippen LogP) is 2.93. The fourth-order valence-corrected chi connectivity index (χ4v) is 3.60. The summed E-state index contributed by atoms with van der Waals surface area (Å²) in [6.45, 7) is 8.16. The molecule has 1 aliphatic rings. The molecule has 1 heterocycles. The first-order chi connectivity index (χ1) is 10.7. The molecule has 23 heavy (non-hydrogen) atoms. The molecule has 5 nitrogen and oxygen atoms in total. The van der Waals surface area contributed by atoms with Crippen molar-refractivity contribution in [3.63, 3.8) is 0 Å². The van der Waals surface area contributed by atoms with Gasteiger partial charge in [0.25, 0.3) is 5.91 Å². The van der Waals surface area contributed by atoms with Gasteiger partial charge in [0.05, 0.1) is 16.0 Å². The van der Waals surface area contributed by atoms with Crippen LogP contribution in [0, 0.1) is 18.3 Å². The molecule has 1 saturated carbocycles. The summed E-state index contributed by atoms with van der Waals surface area (Å²) in [5, 5.41) is 16.0. The average Bonchev–Trinajstić information content (AvgIpc) is 3.20. The average molecular weight is 338 g/mol. The van der Waals surface area contributed by atoms with Gasteiger partial charge in [0.1, 0.15) is 0 Å². The van der Waals surface area contributed by atoms with Gasteiger partial charge in [-0.1, -0.05) is 13.8 Å². The highest BCUT2D eigenvalue weighted by Gasteiger charge is 2.30. The molecule has 2 amide bonds. The first-order valence-corrected chi connectivity index (χ1v) is 8.87. The van der Waals surface area contributed by atoms with Crippen LogP contribution in [0.15, 0.2) is 6.07 Å². The number of amides is 2. The zero-order valence-corrected chi connectivity index (χ0v) is 15.0. The molecule has 1 atom stereocenters. The Bertz CT molecular complexity index is 589. The van der Waals surface area contributed by atoms with Gasteiger partial charge >= 0.3 is 0 Å². The van der Waals surface area contributed by atoms with Crippen molar-refractivity contribution in [3.8, 4) is 0 Å². The number of anilines is 1. The van der Waals surface area contributed by atoms with E-state index in [9.17, 15) is 14.7 Å². The minimum absolute atomic E-state index is 0.0521. The maximum absolute atomic E-state index is 12.4. The Morgan fingerprint density at radius 3 is 2.65 bits per heavy atom. The number of thiophene rings is 1. The van der Waals surface area contributed by atoms with Crippen LogP contribution in [0.4, 0.5) is 5.00 Å². The minimum atomic E-state index is -0.394. The summed E-state index contributed by atoms with van der Waals surface area (Å²) < 4.78 is 0. The number of aliphatic hydroxyl groups is 1. The summed E-state index contributed by atoms with van der Waals surface area (Å²) in [5.41, 5.74) is 0.699. The molecule has 0 aromatic carbocycles. The van der Waals surface area contributed by atoms with E-state index in [1.807, 2.05) is 26.8 Å². The highest BCUT2D eigenvalue weighted by atomic mass is 32.1. The molecule has 128 valence electrons. The number of hydrogen-bond acceptors (Lipinski definition) is 4. The van der Waals surface area contributed by atoms with E-state index in [1.54, 1.807) is 6.92 Å². The highest BCUT2D eigenvalue weighted by Crippen LogP contribution is 2.33. The summed E-state index contributed by atoms with van der Waals surface area (Å²) >= 11 is 1.31. The Morgan fingerprint density at radius 1 is 1.43 bits per heavy atom. The topological polar surface area (TPSA) is 78.4 Å². The van der Waals surface area contributed by atoms with Gasteiger partial charge in [0.15, 0.2) is 0 Å². The molecule has 0 aliphatic heterocycles. The SMILES string of the molecule is Cc1cc(NC(=O)C2CC2)sc1C(=O)NCC(C)(C)CC(C)O. The Morgan fingerprint density at radius 2 is 2.09 bits per heavy atom. The van der Waals surface area contributed by atoms with Crippen LogP contribution in [-0.4, -0.2) is 29.6 Å². The van der Waals surface area contributed by atoms with Crippen LogP contribution in [0.5, 0.6) is 0 Å². The first kappa shape index (κ1) is 17.9. The van der Waals surface area contributed by atoms with Crippen LogP contribution in [-0.2, 0) is 4.79 Å². The largest absolute Gasteiger partial charge is 0.393 e. The normalized spacial score (nSPS) is 16.0. The zero-order valence-electron chi connectivity index (χ0n) is 14.2. The number of hydrogen-bond donors (Lipinski definition) is 3. The number of nitrogens with one attached hydrogen (secondary N) is 2. The van der Waals surface area contributed by atoms with Crippen molar-refractivity contribution in [2.45, 2.75) is 53.1 Å². The molecule has 1 aliphatic carbocycles. The van der Waals surface area contributed by atoms with Crippen molar-refractivity contribution in [3.05, 3.63) is 16.5 Å². The number of aliphatic hydroxyl groups excluding tert-OH is 1. The van der Waals surface area contributed by atoms with Gasteiger partial charge in [-0.25, -0.2) is 0 Å². The fraction of sp³-hybridized carbons (Fsp3) is 0.647. The number of carbonyl (C=O) groups excluding carboxylic acids is 2. The Kier molecular flexibility index (Phi) is 5.47. The standard InChI is InChI=1S/C17H26N2O3S/c1-10-7-13(19-15(21)12-5-6-12)23-14(10)16(22)18-9-17(3,4)8-11(2)20/h7,11-12,20H,5-6,8-9H2,1-4H3,(H,18,22)(H,19,21). The van der Waals surface area contributed by atoms with Crippen LogP contribution in [0.1, 0.15) is 55.3 Å². The summed E-state index contributed by atoms with van der Waals surface area (Å²) in [6.07, 6.45) is 2.15. The molecule has 1 aromatic rings. The van der Waals surface area contributed by atoms with Gasteiger partial charge in [-0.15, -0.1) is 11.3 Å². The molecule has 3 N–H and O–H groups in total. The summed E-state index contributed by atoms with van der Waals surface area (Å²) in [4.78, 5) is 24.8. The number of aryl methyl sites for hydroxylation is 1. The second kappa shape index (κ2) is 7.01. The van der Waals surface area contributed by atoms with E-state index in [0.717, 1.165) is 23.4 Å². The molecular weight excluding hydrogens is 312 g/mol. The van der Waals surface area contributed by atoms with E-state index in [2.05, 4.69) is 10.6 Å². The lowest BCUT2D eigenvalue weighted by molar-refractivity contribution is -0.117. The Labute approximate surface area is 141 Å². The van der Waals surface area contributed by atoms with E-state index >= 15 is 0 Å². The van der Waals surface area contributed by atoms with Crippen LogP contribution < -0.4 is 10.6 Å². The molecule has 1 fully saturated rings. The Balaban J connectivity index is 1.93. The third-order valence-electron chi connectivity index (χ3n) is 3.89. The van der Waals surface area contributed by atoms with Crippen LogP contribution in [0.3, 0.4) is 0 Å². The zero-order chi connectivity index (χ0) is 17.2. The van der Waals surface area contributed by atoms with Gasteiger partial charge < -0.3 is 15.7 Å². The van der Waals surface area contributed by atoms with Gasteiger partial charge in [-0.05, 0) is 50.2 Å². The van der Waals surface area contributed by atoms with Gasteiger partial charge in [-0.2, -0.15) is 0 Å². The van der Waals surface area contributed by atoms with E-state index in [1.165, 1.54) is 11.3 Å². The van der Waals surface area contributed by atoms with Crippen molar-refractivity contribution in [2.75, 3.05) is 11.9 Å². The quantitative estimate of drug-likeness (QED) is 0.715. The molecule has 6 heteroatoms. The summed E-state index contributed by atoms with van der Waals surface area (Å²) in [7, 11) is 0. The maximum atomic E-state index is 12.4. The third kappa shape index (κ3) is 5.32. The molecule has 1 aromatic heterocycles. The van der Waals surface area contributed by atoms with Crippen molar-refractivity contribution in [1.82, 2.24) is 5.32 Å². The minimum Gasteiger partial charge on any atom is -0.393 e. The maximum Gasteiger partial charge on any atom is 0.261 e. The van der Waals surface area contributed by atoms with Gasteiger partial charge in [0, 0.05) is 12.5 Å². The highest BCUT2D eigenvalue weighted by molar-refractivity contribution is 7.18. The lowest BCUT2D eigenvalue weighted by Crippen LogP contribution is -2.35. The molecule has 0 saturated heterocycles. The van der Waals surface area contributed by atoms with Gasteiger partial charge in [0.2, 0.25) is 5.91 Å². The molecule has 1 unspecified atom stereocenters. The van der Waals surface area contributed by atoms with Crippen LogP contribution in [0.25, 0.3) is 0 Å². The second-order valence-electron chi connectivity index (χ2n) is 7.29.